The van der Waals surface area contributed by atoms with Crippen LogP contribution in [-0.4, -0.2) is 82.5 Å². The minimum atomic E-state index is -0.744. The third-order valence-electron chi connectivity index (χ3n) is 7.44. The lowest BCUT2D eigenvalue weighted by atomic mass is 10.1. The highest BCUT2D eigenvalue weighted by Crippen LogP contribution is 2.37. The molecule has 0 saturated carbocycles. The number of morpholine rings is 1. The van der Waals surface area contributed by atoms with Gasteiger partial charge < -0.3 is 23.8 Å². The van der Waals surface area contributed by atoms with Crippen molar-refractivity contribution in [2.24, 2.45) is 0 Å². The van der Waals surface area contributed by atoms with E-state index in [1.807, 2.05) is 19.1 Å². The highest BCUT2D eigenvalue weighted by Gasteiger charge is 2.23. The van der Waals surface area contributed by atoms with Crippen molar-refractivity contribution < 1.29 is 32.9 Å². The highest BCUT2D eigenvalue weighted by atomic mass is 32.1. The summed E-state index contributed by atoms with van der Waals surface area (Å²) in [6.45, 7) is 7.27. The molecule has 12 nitrogen and oxygen atoms in total. The molecule has 1 fully saturated rings. The smallest absolute Gasteiger partial charge is 0.412 e. The van der Waals surface area contributed by atoms with Crippen LogP contribution < -0.4 is 14.8 Å². The largest absolute Gasteiger partial charge is 0.484 e. The summed E-state index contributed by atoms with van der Waals surface area (Å²) in [5.41, 5.74) is 4.18. The molecule has 46 heavy (non-hydrogen) atoms. The number of ether oxygens (including phenoxy) is 4. The van der Waals surface area contributed by atoms with Crippen LogP contribution in [0.4, 0.5) is 14.9 Å². The number of pyridine rings is 1. The molecular formula is C32H31FN6O6S. The Morgan fingerprint density at radius 3 is 2.57 bits per heavy atom. The van der Waals surface area contributed by atoms with Crippen LogP contribution in [0.2, 0.25) is 0 Å². The van der Waals surface area contributed by atoms with E-state index in [2.05, 4.69) is 25.3 Å². The number of nitrogens with zero attached hydrogens (tertiary/aromatic N) is 5. The van der Waals surface area contributed by atoms with Gasteiger partial charge in [-0.25, -0.2) is 29.1 Å². The monoisotopic (exact) mass is 646 g/mol. The van der Waals surface area contributed by atoms with Crippen LogP contribution in [0.5, 0.6) is 11.6 Å². The fourth-order valence-corrected chi connectivity index (χ4v) is 5.87. The Balaban J connectivity index is 1.10. The number of benzene rings is 2. The molecule has 14 heteroatoms. The molecule has 0 bridgehead atoms. The van der Waals surface area contributed by atoms with Gasteiger partial charge in [-0.2, -0.15) is 0 Å². The zero-order valence-corrected chi connectivity index (χ0v) is 26.4. The lowest BCUT2D eigenvalue weighted by molar-refractivity contribution is 0.0299. The Hall–Kier alpha value is -4.95. The van der Waals surface area contributed by atoms with Crippen molar-refractivity contribution in [3.63, 3.8) is 0 Å². The van der Waals surface area contributed by atoms with Gasteiger partial charge in [0.15, 0.2) is 11.6 Å². The second-order valence-electron chi connectivity index (χ2n) is 10.8. The summed E-state index contributed by atoms with van der Waals surface area (Å²) < 4.78 is 37.7. The number of aryl methyl sites for hydroxylation is 1. The zero-order valence-electron chi connectivity index (χ0n) is 25.6. The topological polar surface area (TPSA) is 138 Å². The summed E-state index contributed by atoms with van der Waals surface area (Å²) in [5.74, 6) is -0.375. The summed E-state index contributed by atoms with van der Waals surface area (Å²) in [6.07, 6.45) is 0.759. The minimum absolute atomic E-state index is 0.00871. The van der Waals surface area contributed by atoms with E-state index in [1.165, 1.54) is 30.7 Å². The van der Waals surface area contributed by atoms with Crippen LogP contribution in [0.25, 0.3) is 31.8 Å². The Morgan fingerprint density at radius 1 is 1.02 bits per heavy atom. The summed E-state index contributed by atoms with van der Waals surface area (Å²) in [6, 6.07) is 9.91. The number of rotatable bonds is 8. The lowest BCUT2D eigenvalue weighted by Crippen LogP contribution is -2.41. The third kappa shape index (κ3) is 6.67. The van der Waals surface area contributed by atoms with Crippen molar-refractivity contribution >= 4 is 50.3 Å². The van der Waals surface area contributed by atoms with Crippen LogP contribution in [0.1, 0.15) is 29.9 Å². The van der Waals surface area contributed by atoms with E-state index in [1.54, 1.807) is 43.1 Å². The number of hydrogen-bond donors (Lipinski definition) is 1. The highest BCUT2D eigenvalue weighted by molar-refractivity contribution is 7.21. The number of anilines is 1. The molecule has 0 aliphatic carbocycles. The first-order valence-corrected chi connectivity index (χ1v) is 15.4. The Bertz CT molecular complexity index is 1910. The summed E-state index contributed by atoms with van der Waals surface area (Å²) in [5, 5.41) is 3.25. The maximum atomic E-state index is 15.2. The van der Waals surface area contributed by atoms with E-state index < -0.39 is 24.1 Å². The standard InChI is InChI=1S/C32H31FN6O6S/c1-17-11-21(29-25(12-17)37-28(42-4)16-35-29)30-38-24-13-22(33)26(14-27(24)46-30)44-18(2)19(3)45-32(41)36-20-5-6-23(34-15-20)31(40)39-7-9-43-10-8-39/h5-6,11-16,18-19H,7-10H2,1-4H3,(H,36,41)/t18-,19+/m0/s1. The maximum Gasteiger partial charge on any atom is 0.412 e. The quantitative estimate of drug-likeness (QED) is 0.226. The molecule has 1 N–H and O–H groups in total. The van der Waals surface area contributed by atoms with Gasteiger partial charge in [0.2, 0.25) is 5.88 Å². The van der Waals surface area contributed by atoms with Crippen molar-refractivity contribution in [2.75, 3.05) is 38.7 Å². The fraction of sp³-hybridized carbons (Fsp3) is 0.312. The van der Waals surface area contributed by atoms with Crippen molar-refractivity contribution in [2.45, 2.75) is 33.0 Å². The molecule has 2 amide bonds. The van der Waals surface area contributed by atoms with Gasteiger partial charge in [0.25, 0.3) is 5.91 Å². The lowest BCUT2D eigenvalue weighted by Gasteiger charge is -2.26. The number of methoxy groups -OCH3 is 1. The van der Waals surface area contributed by atoms with Crippen LogP contribution in [-0.2, 0) is 9.47 Å². The Morgan fingerprint density at radius 2 is 1.83 bits per heavy atom. The molecule has 1 aliphatic heterocycles. The van der Waals surface area contributed by atoms with Gasteiger partial charge in [-0.1, -0.05) is 0 Å². The number of thiazole rings is 1. The first-order chi connectivity index (χ1) is 22.2. The van der Waals surface area contributed by atoms with Crippen LogP contribution in [0.3, 0.4) is 0 Å². The number of fused-ring (bicyclic) bond motifs is 2. The van der Waals surface area contributed by atoms with E-state index in [9.17, 15) is 9.59 Å². The number of aromatic nitrogens is 4. The fourth-order valence-electron chi connectivity index (χ4n) is 4.88. The maximum absolute atomic E-state index is 15.2. The predicted octanol–water partition coefficient (Wildman–Crippen LogP) is 5.63. The number of hydrogen-bond acceptors (Lipinski definition) is 11. The minimum Gasteiger partial charge on any atom is -0.484 e. The predicted molar refractivity (Wildman–Crippen MR) is 170 cm³/mol. The molecule has 0 unspecified atom stereocenters. The molecule has 1 aliphatic rings. The molecule has 2 atom stereocenters. The number of carbonyl (C=O) groups is 2. The van der Waals surface area contributed by atoms with E-state index in [-0.39, 0.29) is 17.4 Å². The van der Waals surface area contributed by atoms with Gasteiger partial charge in [-0.05, 0) is 50.6 Å². The molecule has 2 aromatic carbocycles. The first kappa shape index (κ1) is 31.0. The van der Waals surface area contributed by atoms with E-state index in [0.717, 1.165) is 11.1 Å². The normalized spacial score (nSPS) is 14.6. The molecule has 238 valence electrons. The first-order valence-electron chi connectivity index (χ1n) is 14.6. The van der Waals surface area contributed by atoms with Gasteiger partial charge in [0, 0.05) is 30.8 Å². The summed E-state index contributed by atoms with van der Waals surface area (Å²) >= 11 is 1.38. The van der Waals surface area contributed by atoms with Crippen molar-refractivity contribution in [1.82, 2.24) is 24.8 Å². The number of nitrogens with one attached hydrogen (secondary N) is 1. The number of carbonyl (C=O) groups excluding carboxylic acids is 2. The van der Waals surface area contributed by atoms with Gasteiger partial charge >= 0.3 is 6.09 Å². The van der Waals surface area contributed by atoms with E-state index >= 15 is 4.39 Å². The van der Waals surface area contributed by atoms with E-state index in [0.29, 0.717) is 64.1 Å². The van der Waals surface area contributed by atoms with Crippen LogP contribution in [0, 0.1) is 12.7 Å². The molecule has 1 saturated heterocycles. The summed E-state index contributed by atoms with van der Waals surface area (Å²) in [7, 11) is 1.53. The Kier molecular flexibility index (Phi) is 8.90. The van der Waals surface area contributed by atoms with Gasteiger partial charge in [-0.15, -0.1) is 11.3 Å². The molecule has 0 spiro atoms. The second-order valence-corrected chi connectivity index (χ2v) is 11.8. The Labute approximate surface area is 267 Å². The molecule has 4 heterocycles. The second kappa shape index (κ2) is 13.2. The van der Waals surface area contributed by atoms with E-state index in [4.69, 9.17) is 18.9 Å². The van der Waals surface area contributed by atoms with Crippen molar-refractivity contribution in [3.8, 4) is 22.2 Å². The number of halogens is 1. The molecule has 3 aromatic heterocycles. The SMILES string of the molecule is COc1cnc2c(-c3nc4cc(F)c(O[C@@H](C)[C@@H](C)OC(=O)Nc5ccc(C(=O)N6CCOCC6)nc5)cc4s3)cc(C)cc2n1. The van der Waals surface area contributed by atoms with Gasteiger partial charge in [0.05, 0.1) is 59.7 Å². The average molecular weight is 647 g/mol. The van der Waals surface area contributed by atoms with Crippen molar-refractivity contribution in [1.29, 1.82) is 0 Å². The third-order valence-corrected chi connectivity index (χ3v) is 8.50. The molecule has 6 rings (SSSR count). The zero-order chi connectivity index (χ0) is 32.4. The molecular weight excluding hydrogens is 615 g/mol. The van der Waals surface area contributed by atoms with Gasteiger partial charge in [0.1, 0.15) is 22.9 Å². The number of amides is 2. The molecule has 0 radical (unpaired) electrons. The van der Waals surface area contributed by atoms with Crippen molar-refractivity contribution in [3.05, 3.63) is 65.9 Å². The molecule has 5 aromatic rings. The van der Waals surface area contributed by atoms with Crippen LogP contribution >= 0.6 is 11.3 Å². The average Bonchev–Trinajstić information content (AvgIpc) is 3.46. The van der Waals surface area contributed by atoms with Crippen LogP contribution in [0.15, 0.2) is 48.8 Å². The summed E-state index contributed by atoms with van der Waals surface area (Å²) in [4.78, 5) is 44.7. The van der Waals surface area contributed by atoms with Gasteiger partial charge in [-0.3, -0.25) is 10.1 Å².